The zero-order valence-electron chi connectivity index (χ0n) is 29.2. The number of fused-ring (bicyclic) bond motifs is 2. The maximum absolute atomic E-state index is 13.8. The van der Waals surface area contributed by atoms with Crippen LogP contribution in [0.15, 0.2) is 72.0 Å². The number of nitrogens with zero attached hydrogens (tertiary/aromatic N) is 6. The van der Waals surface area contributed by atoms with Crippen molar-refractivity contribution in [1.29, 1.82) is 0 Å². The number of ketones is 1. The number of pyridine rings is 3. The Hall–Kier alpha value is -5.44. The standard InChI is InChI=1S/C38H41N7O7/c1-38(2,49)24-44-23-25(21-41-44)45-32-5-3-6-33(46)29(32)20-30(37(45)48)36(47)42-35-10-8-27(22-40-35)52-34-11-12-39-31-19-26(7-9-28(31)34)51-16-4-13-43-14-17-50-18-15-43/h7-12,19-23,49H,3-6,13-18,24H2,1-2H3,(H,40,42,47). The third-order valence-corrected chi connectivity index (χ3v) is 8.96. The van der Waals surface area contributed by atoms with Crippen LogP contribution in [0.1, 0.15) is 59.5 Å². The van der Waals surface area contributed by atoms with E-state index in [9.17, 15) is 19.5 Å². The van der Waals surface area contributed by atoms with Crippen LogP contribution in [-0.2, 0) is 17.7 Å². The highest BCUT2D eigenvalue weighted by Gasteiger charge is 2.27. The van der Waals surface area contributed by atoms with E-state index in [1.54, 1.807) is 44.4 Å². The number of Topliss-reactive ketones (excluding diaryl/α,β-unsaturated/α-hetero) is 1. The molecule has 2 N–H and O–H groups in total. The summed E-state index contributed by atoms with van der Waals surface area (Å²) in [6, 6.07) is 12.1. The second-order valence-corrected chi connectivity index (χ2v) is 13.6. The van der Waals surface area contributed by atoms with Gasteiger partial charge in [0, 0.05) is 61.2 Å². The smallest absolute Gasteiger partial charge is 0.268 e. The summed E-state index contributed by atoms with van der Waals surface area (Å²) in [4.78, 5) is 51.5. The summed E-state index contributed by atoms with van der Waals surface area (Å²) in [5, 5.41) is 18.0. The van der Waals surface area contributed by atoms with Gasteiger partial charge in [-0.3, -0.25) is 33.5 Å². The quantitative estimate of drug-likeness (QED) is 0.177. The number of rotatable bonds is 12. The average molecular weight is 708 g/mol. The van der Waals surface area contributed by atoms with Crippen molar-refractivity contribution in [3.05, 3.63) is 94.4 Å². The summed E-state index contributed by atoms with van der Waals surface area (Å²) in [5.41, 5.74) is 0.172. The molecule has 0 atom stereocenters. The molecule has 270 valence electrons. The number of aliphatic hydroxyl groups is 1. The Kier molecular flexibility index (Phi) is 10.1. The zero-order chi connectivity index (χ0) is 36.2. The van der Waals surface area contributed by atoms with Crippen molar-refractivity contribution < 1.29 is 28.9 Å². The van der Waals surface area contributed by atoms with Crippen molar-refractivity contribution in [2.24, 2.45) is 0 Å². The highest BCUT2D eigenvalue weighted by molar-refractivity contribution is 6.06. The Bertz CT molecular complexity index is 2150. The number of anilines is 1. The fourth-order valence-corrected chi connectivity index (χ4v) is 6.49. The third-order valence-electron chi connectivity index (χ3n) is 8.96. The van der Waals surface area contributed by atoms with Crippen molar-refractivity contribution in [2.45, 2.75) is 51.7 Å². The van der Waals surface area contributed by atoms with E-state index < -0.39 is 17.1 Å². The van der Waals surface area contributed by atoms with Crippen LogP contribution in [0.25, 0.3) is 16.6 Å². The number of hydrogen-bond acceptors (Lipinski definition) is 11. The topological polar surface area (TPSA) is 163 Å². The van der Waals surface area contributed by atoms with Gasteiger partial charge < -0.3 is 24.6 Å². The molecule has 0 saturated carbocycles. The van der Waals surface area contributed by atoms with E-state index in [0.29, 0.717) is 54.3 Å². The van der Waals surface area contributed by atoms with Gasteiger partial charge in [-0.15, -0.1) is 0 Å². The van der Waals surface area contributed by atoms with Crippen molar-refractivity contribution >= 4 is 28.4 Å². The van der Waals surface area contributed by atoms with Gasteiger partial charge in [0.25, 0.3) is 11.5 Å². The average Bonchev–Trinajstić information content (AvgIpc) is 3.57. The minimum Gasteiger partial charge on any atom is -0.493 e. The van der Waals surface area contributed by atoms with Crippen LogP contribution >= 0.6 is 0 Å². The molecule has 14 nitrogen and oxygen atoms in total. The van der Waals surface area contributed by atoms with Gasteiger partial charge in [-0.2, -0.15) is 5.10 Å². The summed E-state index contributed by atoms with van der Waals surface area (Å²) in [7, 11) is 0. The SMILES string of the molecule is CC(C)(O)Cn1cc(-n2c3c(cc(C(=O)Nc4ccc(Oc5ccnc6cc(OCCCN7CCOCC7)ccc56)cn4)c2=O)C(=O)CCC3)cn1. The number of ether oxygens (including phenoxy) is 3. The van der Waals surface area contributed by atoms with Crippen molar-refractivity contribution in [2.75, 3.05) is 44.8 Å². The van der Waals surface area contributed by atoms with E-state index >= 15 is 0 Å². The van der Waals surface area contributed by atoms with Gasteiger partial charge >= 0.3 is 0 Å². The van der Waals surface area contributed by atoms with Gasteiger partial charge in [-0.25, -0.2) is 4.98 Å². The largest absolute Gasteiger partial charge is 0.493 e. The molecule has 0 radical (unpaired) electrons. The van der Waals surface area contributed by atoms with Gasteiger partial charge in [-0.1, -0.05) is 0 Å². The van der Waals surface area contributed by atoms with Gasteiger partial charge in [0.2, 0.25) is 0 Å². The summed E-state index contributed by atoms with van der Waals surface area (Å²) in [6.45, 7) is 8.54. The van der Waals surface area contributed by atoms with Crippen LogP contribution in [-0.4, -0.2) is 91.1 Å². The zero-order valence-corrected chi connectivity index (χ0v) is 29.2. The monoisotopic (exact) mass is 707 g/mol. The van der Waals surface area contributed by atoms with E-state index in [2.05, 4.69) is 25.3 Å². The molecule has 5 aromatic rings. The molecule has 4 aromatic heterocycles. The Morgan fingerprint density at radius 2 is 1.85 bits per heavy atom. The van der Waals surface area contributed by atoms with Crippen LogP contribution < -0.4 is 20.3 Å². The molecule has 7 rings (SSSR count). The van der Waals surface area contributed by atoms with Crippen LogP contribution in [0, 0.1) is 0 Å². The van der Waals surface area contributed by atoms with Crippen LogP contribution in [0.2, 0.25) is 0 Å². The van der Waals surface area contributed by atoms with Gasteiger partial charge in [0.1, 0.15) is 28.6 Å². The number of morpholine rings is 1. The maximum Gasteiger partial charge on any atom is 0.268 e. The molecule has 1 saturated heterocycles. The third kappa shape index (κ3) is 8.04. The number of aromatic nitrogens is 5. The molecule has 1 aliphatic heterocycles. The molecule has 1 fully saturated rings. The first-order valence-corrected chi connectivity index (χ1v) is 17.5. The van der Waals surface area contributed by atoms with Crippen molar-refractivity contribution in [3.63, 3.8) is 0 Å². The lowest BCUT2D eigenvalue weighted by Crippen LogP contribution is -2.37. The molecule has 14 heteroatoms. The molecule has 1 aliphatic carbocycles. The molecule has 1 amide bonds. The lowest BCUT2D eigenvalue weighted by Gasteiger charge is -2.26. The van der Waals surface area contributed by atoms with E-state index in [-0.39, 0.29) is 23.7 Å². The molecule has 0 spiro atoms. The van der Waals surface area contributed by atoms with Crippen LogP contribution in [0.3, 0.4) is 0 Å². The first-order chi connectivity index (χ1) is 25.1. The van der Waals surface area contributed by atoms with Crippen molar-refractivity contribution in [1.82, 2.24) is 29.2 Å². The second kappa shape index (κ2) is 15.0. The van der Waals surface area contributed by atoms with Crippen molar-refractivity contribution in [3.8, 4) is 22.9 Å². The summed E-state index contributed by atoms with van der Waals surface area (Å²) < 4.78 is 20.4. The lowest BCUT2D eigenvalue weighted by molar-refractivity contribution is 0.0358. The van der Waals surface area contributed by atoms with Crippen LogP contribution in [0.5, 0.6) is 17.2 Å². The van der Waals surface area contributed by atoms with E-state index in [1.165, 1.54) is 27.7 Å². The minimum atomic E-state index is -1.03. The number of benzene rings is 1. The molecule has 0 unspecified atom stereocenters. The number of amides is 1. The minimum absolute atomic E-state index is 0.139. The summed E-state index contributed by atoms with van der Waals surface area (Å²) in [6.07, 6.45) is 8.57. The van der Waals surface area contributed by atoms with E-state index in [0.717, 1.165) is 55.9 Å². The highest BCUT2D eigenvalue weighted by atomic mass is 16.5. The highest BCUT2D eigenvalue weighted by Crippen LogP contribution is 2.31. The molecule has 5 heterocycles. The predicted molar refractivity (Wildman–Crippen MR) is 193 cm³/mol. The van der Waals surface area contributed by atoms with Crippen LogP contribution in [0.4, 0.5) is 5.82 Å². The van der Waals surface area contributed by atoms with Gasteiger partial charge in [0.15, 0.2) is 5.78 Å². The number of carbonyl (C=O) groups excluding carboxylic acids is 2. The number of carbonyl (C=O) groups is 2. The van der Waals surface area contributed by atoms with Gasteiger partial charge in [0.05, 0.1) is 55.6 Å². The summed E-state index contributed by atoms with van der Waals surface area (Å²) in [5.74, 6) is 1.09. The first kappa shape index (κ1) is 35.0. The Balaban J connectivity index is 1.04. The second-order valence-electron chi connectivity index (χ2n) is 13.6. The molecule has 52 heavy (non-hydrogen) atoms. The molecule has 0 bridgehead atoms. The fourth-order valence-electron chi connectivity index (χ4n) is 6.49. The maximum atomic E-state index is 13.8. The normalized spacial score (nSPS) is 15.0. The molecule has 1 aromatic carbocycles. The van der Waals surface area contributed by atoms with E-state index in [4.69, 9.17) is 14.2 Å². The van der Waals surface area contributed by atoms with E-state index in [1.807, 2.05) is 18.2 Å². The predicted octanol–water partition coefficient (Wildman–Crippen LogP) is 4.41. The summed E-state index contributed by atoms with van der Waals surface area (Å²) >= 11 is 0. The number of hydrogen-bond donors (Lipinski definition) is 2. The Labute approximate surface area is 300 Å². The Morgan fingerprint density at radius 1 is 1.02 bits per heavy atom. The first-order valence-electron chi connectivity index (χ1n) is 17.5. The molecular formula is C38H41N7O7. The molecule has 2 aliphatic rings. The number of nitrogens with one attached hydrogen (secondary N) is 1. The lowest BCUT2D eigenvalue weighted by atomic mass is 9.93. The fraction of sp³-hybridized carbons (Fsp3) is 0.368. The van der Waals surface area contributed by atoms with Gasteiger partial charge in [-0.05, 0) is 69.5 Å². The Morgan fingerprint density at radius 3 is 2.63 bits per heavy atom. The molecular weight excluding hydrogens is 666 g/mol.